The Kier molecular flexibility index (Phi) is 6.37. The summed E-state index contributed by atoms with van der Waals surface area (Å²) < 4.78 is 10.2. The predicted octanol–water partition coefficient (Wildman–Crippen LogP) is 2.60. The Bertz CT molecular complexity index is 668. The lowest BCUT2D eigenvalue weighted by Crippen LogP contribution is -2.43. The van der Waals surface area contributed by atoms with Crippen LogP contribution in [0.1, 0.15) is 22.8 Å². The summed E-state index contributed by atoms with van der Waals surface area (Å²) in [5, 5.41) is 2.75. The van der Waals surface area contributed by atoms with Gasteiger partial charge in [0.1, 0.15) is 11.8 Å². The van der Waals surface area contributed by atoms with Gasteiger partial charge in [-0.15, -0.1) is 0 Å². The van der Waals surface area contributed by atoms with Crippen LogP contribution in [0.4, 0.5) is 0 Å². The Hall–Kier alpha value is -2.82. The second-order valence-corrected chi connectivity index (χ2v) is 5.20. The van der Waals surface area contributed by atoms with Crippen molar-refractivity contribution in [2.75, 3.05) is 13.7 Å². The van der Waals surface area contributed by atoms with E-state index < -0.39 is 12.0 Å². The molecule has 5 nitrogen and oxygen atoms in total. The second-order valence-electron chi connectivity index (χ2n) is 5.20. The monoisotopic (exact) mass is 327 g/mol. The Balaban J connectivity index is 2.11. The minimum Gasteiger partial charge on any atom is -0.497 e. The van der Waals surface area contributed by atoms with Crippen LogP contribution in [-0.4, -0.2) is 31.6 Å². The molecule has 0 aliphatic rings. The number of hydrogen-bond donors (Lipinski definition) is 1. The summed E-state index contributed by atoms with van der Waals surface area (Å²) in [6.07, 6.45) is 0.349. The highest BCUT2D eigenvalue weighted by Crippen LogP contribution is 2.13. The quantitative estimate of drug-likeness (QED) is 0.794. The zero-order valence-corrected chi connectivity index (χ0v) is 13.8. The van der Waals surface area contributed by atoms with Gasteiger partial charge < -0.3 is 14.8 Å². The summed E-state index contributed by atoms with van der Waals surface area (Å²) in [5.74, 6) is -0.0143. The molecule has 2 rings (SSSR count). The highest BCUT2D eigenvalue weighted by molar-refractivity contribution is 5.96. The van der Waals surface area contributed by atoms with Crippen molar-refractivity contribution in [2.24, 2.45) is 0 Å². The molecule has 0 aliphatic carbocycles. The third kappa shape index (κ3) is 4.84. The van der Waals surface area contributed by atoms with E-state index in [4.69, 9.17) is 9.47 Å². The smallest absolute Gasteiger partial charge is 0.328 e. The van der Waals surface area contributed by atoms with Gasteiger partial charge in [-0.3, -0.25) is 4.79 Å². The normalized spacial score (nSPS) is 11.4. The van der Waals surface area contributed by atoms with Gasteiger partial charge in [0.05, 0.1) is 13.7 Å². The topological polar surface area (TPSA) is 64.6 Å². The maximum atomic E-state index is 12.3. The Morgan fingerprint density at radius 2 is 1.71 bits per heavy atom. The predicted molar refractivity (Wildman–Crippen MR) is 91.0 cm³/mol. The summed E-state index contributed by atoms with van der Waals surface area (Å²) in [5.41, 5.74) is 1.41. The zero-order valence-electron chi connectivity index (χ0n) is 13.8. The highest BCUT2D eigenvalue weighted by atomic mass is 16.5. The molecule has 0 aromatic heterocycles. The van der Waals surface area contributed by atoms with E-state index in [1.54, 1.807) is 38.3 Å². The maximum Gasteiger partial charge on any atom is 0.328 e. The largest absolute Gasteiger partial charge is 0.497 e. The number of carbonyl (C=O) groups is 2. The van der Waals surface area contributed by atoms with E-state index in [9.17, 15) is 9.59 Å². The van der Waals surface area contributed by atoms with E-state index in [1.807, 2.05) is 30.3 Å². The lowest BCUT2D eigenvalue weighted by atomic mass is 10.1. The number of esters is 1. The molecule has 1 amide bonds. The number of ether oxygens (including phenoxy) is 2. The number of rotatable bonds is 7. The van der Waals surface area contributed by atoms with Gasteiger partial charge in [0.25, 0.3) is 5.91 Å². The molecule has 0 spiro atoms. The first-order valence-corrected chi connectivity index (χ1v) is 7.79. The van der Waals surface area contributed by atoms with E-state index in [0.29, 0.717) is 12.0 Å². The number of methoxy groups -OCH3 is 1. The van der Waals surface area contributed by atoms with Crippen molar-refractivity contribution in [3.05, 3.63) is 65.7 Å². The molecule has 0 heterocycles. The summed E-state index contributed by atoms with van der Waals surface area (Å²) in [6.45, 7) is 2.00. The number of amides is 1. The average Bonchev–Trinajstić information content (AvgIpc) is 2.62. The Morgan fingerprint density at radius 1 is 1.04 bits per heavy atom. The fourth-order valence-electron chi connectivity index (χ4n) is 2.26. The second kappa shape index (κ2) is 8.72. The Morgan fingerprint density at radius 3 is 2.29 bits per heavy atom. The van der Waals surface area contributed by atoms with Gasteiger partial charge in [-0.1, -0.05) is 30.3 Å². The van der Waals surface area contributed by atoms with E-state index >= 15 is 0 Å². The van der Waals surface area contributed by atoms with Crippen molar-refractivity contribution in [3.63, 3.8) is 0 Å². The number of hydrogen-bond acceptors (Lipinski definition) is 4. The van der Waals surface area contributed by atoms with Gasteiger partial charge in [-0.2, -0.15) is 0 Å². The van der Waals surface area contributed by atoms with E-state index in [0.717, 1.165) is 11.3 Å². The van der Waals surface area contributed by atoms with Gasteiger partial charge in [0, 0.05) is 12.0 Å². The van der Waals surface area contributed by atoms with E-state index in [-0.39, 0.29) is 12.5 Å². The average molecular weight is 327 g/mol. The summed E-state index contributed by atoms with van der Waals surface area (Å²) in [4.78, 5) is 24.5. The molecule has 1 atom stereocenters. The first kappa shape index (κ1) is 17.5. The van der Waals surface area contributed by atoms with Gasteiger partial charge in [-0.05, 0) is 36.8 Å². The van der Waals surface area contributed by atoms with Crippen molar-refractivity contribution in [2.45, 2.75) is 19.4 Å². The molecule has 0 aliphatic heterocycles. The minimum atomic E-state index is -0.744. The molecular formula is C19H21NO4. The maximum absolute atomic E-state index is 12.3. The number of carbonyl (C=O) groups excluding carboxylic acids is 2. The van der Waals surface area contributed by atoms with Crippen molar-refractivity contribution < 1.29 is 19.1 Å². The van der Waals surface area contributed by atoms with Crippen molar-refractivity contribution in [3.8, 4) is 5.75 Å². The first-order chi connectivity index (χ1) is 11.6. The molecule has 24 heavy (non-hydrogen) atoms. The highest BCUT2D eigenvalue weighted by Gasteiger charge is 2.23. The van der Waals surface area contributed by atoms with E-state index in [1.165, 1.54) is 0 Å². The molecule has 2 aromatic rings. The molecular weight excluding hydrogens is 306 g/mol. The van der Waals surface area contributed by atoms with Crippen LogP contribution < -0.4 is 10.1 Å². The molecule has 2 aromatic carbocycles. The SMILES string of the molecule is CCOC(=O)[C@H](Cc1ccc(OC)cc1)NC(=O)c1ccccc1. The number of benzene rings is 2. The van der Waals surface area contributed by atoms with Crippen LogP contribution in [0.3, 0.4) is 0 Å². The summed E-state index contributed by atoms with van der Waals surface area (Å²) in [7, 11) is 1.59. The van der Waals surface area contributed by atoms with Crippen LogP contribution in [0, 0.1) is 0 Å². The lowest BCUT2D eigenvalue weighted by molar-refractivity contribution is -0.145. The molecule has 0 fully saturated rings. The van der Waals surface area contributed by atoms with Crippen molar-refractivity contribution in [1.29, 1.82) is 0 Å². The van der Waals surface area contributed by atoms with Crippen LogP contribution >= 0.6 is 0 Å². The summed E-state index contributed by atoms with van der Waals surface area (Å²) >= 11 is 0. The van der Waals surface area contributed by atoms with Gasteiger partial charge in [0.2, 0.25) is 0 Å². The van der Waals surface area contributed by atoms with Crippen LogP contribution in [-0.2, 0) is 16.0 Å². The standard InChI is InChI=1S/C19H21NO4/c1-3-24-19(22)17(13-14-9-11-16(23-2)12-10-14)20-18(21)15-7-5-4-6-8-15/h4-12,17H,3,13H2,1-2H3,(H,20,21)/t17-/m0/s1. The Labute approximate surface area is 141 Å². The lowest BCUT2D eigenvalue weighted by Gasteiger charge is -2.17. The van der Waals surface area contributed by atoms with Crippen LogP contribution in [0.2, 0.25) is 0 Å². The first-order valence-electron chi connectivity index (χ1n) is 7.79. The minimum absolute atomic E-state index is 0.263. The molecule has 1 N–H and O–H groups in total. The van der Waals surface area contributed by atoms with E-state index in [2.05, 4.69) is 5.32 Å². The number of nitrogens with one attached hydrogen (secondary N) is 1. The van der Waals surface area contributed by atoms with Gasteiger partial charge >= 0.3 is 5.97 Å². The molecule has 0 saturated carbocycles. The molecule has 0 unspecified atom stereocenters. The molecule has 0 radical (unpaired) electrons. The van der Waals surface area contributed by atoms with Crippen LogP contribution in [0.25, 0.3) is 0 Å². The molecule has 0 bridgehead atoms. The molecule has 0 saturated heterocycles. The van der Waals surface area contributed by atoms with Crippen LogP contribution in [0.15, 0.2) is 54.6 Å². The van der Waals surface area contributed by atoms with Gasteiger partial charge in [-0.25, -0.2) is 4.79 Å². The zero-order chi connectivity index (χ0) is 17.4. The van der Waals surface area contributed by atoms with Crippen LogP contribution in [0.5, 0.6) is 5.75 Å². The fraction of sp³-hybridized carbons (Fsp3) is 0.263. The third-order valence-corrected chi connectivity index (χ3v) is 3.51. The van der Waals surface area contributed by atoms with Crippen molar-refractivity contribution in [1.82, 2.24) is 5.32 Å². The molecule has 5 heteroatoms. The fourth-order valence-corrected chi connectivity index (χ4v) is 2.26. The third-order valence-electron chi connectivity index (χ3n) is 3.51. The summed E-state index contributed by atoms with van der Waals surface area (Å²) in [6, 6.07) is 15.4. The molecule has 126 valence electrons. The van der Waals surface area contributed by atoms with Gasteiger partial charge in [0.15, 0.2) is 0 Å². The van der Waals surface area contributed by atoms with Crippen molar-refractivity contribution >= 4 is 11.9 Å².